The number of pyridine rings is 1. The summed E-state index contributed by atoms with van der Waals surface area (Å²) in [6.07, 6.45) is 3.27. The van der Waals surface area contributed by atoms with Crippen LogP contribution < -0.4 is 4.90 Å². The van der Waals surface area contributed by atoms with Crippen LogP contribution in [0.2, 0.25) is 0 Å². The first kappa shape index (κ1) is 19.2. The second-order valence-corrected chi connectivity index (χ2v) is 8.47. The Balaban J connectivity index is 2.08. The van der Waals surface area contributed by atoms with E-state index in [9.17, 15) is 18.5 Å². The molecule has 1 unspecified atom stereocenters. The van der Waals surface area contributed by atoms with E-state index < -0.39 is 14.9 Å². The monoisotopic (exact) mass is 390 g/mol. The molecule has 1 aliphatic rings. The lowest BCUT2D eigenvalue weighted by atomic mass is 10.1. The lowest BCUT2D eigenvalue weighted by Crippen LogP contribution is -2.31. The minimum atomic E-state index is -3.82. The summed E-state index contributed by atoms with van der Waals surface area (Å²) in [6, 6.07) is 9.32. The summed E-state index contributed by atoms with van der Waals surface area (Å²) in [5, 5.41) is 11.2. The summed E-state index contributed by atoms with van der Waals surface area (Å²) in [5.74, 6) is 0. The predicted molar refractivity (Wildman–Crippen MR) is 102 cm³/mol. The third-order valence-electron chi connectivity index (χ3n) is 4.91. The highest BCUT2D eigenvalue weighted by Gasteiger charge is 2.32. The van der Waals surface area contributed by atoms with Gasteiger partial charge < -0.3 is 4.90 Å². The molecule has 0 amide bonds. The Morgan fingerprint density at radius 3 is 2.52 bits per heavy atom. The van der Waals surface area contributed by atoms with Crippen LogP contribution >= 0.6 is 0 Å². The van der Waals surface area contributed by atoms with Crippen LogP contribution in [0.4, 0.5) is 11.4 Å². The molecule has 0 saturated carbocycles. The van der Waals surface area contributed by atoms with E-state index in [4.69, 9.17) is 0 Å². The summed E-state index contributed by atoms with van der Waals surface area (Å²) in [7, 11) is -2.05. The third-order valence-corrected chi connectivity index (χ3v) is 6.84. The molecule has 0 radical (unpaired) electrons. The molecule has 2 aromatic rings. The van der Waals surface area contributed by atoms with Crippen molar-refractivity contribution in [3.05, 3.63) is 58.4 Å². The van der Waals surface area contributed by atoms with Crippen molar-refractivity contribution in [3.63, 3.8) is 0 Å². The topological polar surface area (TPSA) is 96.6 Å². The molecular weight excluding hydrogens is 368 g/mol. The van der Waals surface area contributed by atoms with E-state index in [1.807, 2.05) is 25.1 Å². The largest absolute Gasteiger partial charge is 0.365 e. The molecule has 8 nitrogen and oxygen atoms in total. The lowest BCUT2D eigenvalue weighted by Gasteiger charge is -2.29. The molecule has 1 fully saturated rings. The summed E-state index contributed by atoms with van der Waals surface area (Å²) in [4.78, 5) is 16.7. The molecule has 9 heteroatoms. The fraction of sp³-hybridized carbons (Fsp3) is 0.389. The van der Waals surface area contributed by atoms with Gasteiger partial charge in [-0.25, -0.2) is 8.42 Å². The lowest BCUT2D eigenvalue weighted by molar-refractivity contribution is -0.385. The maximum atomic E-state index is 13.2. The van der Waals surface area contributed by atoms with Gasteiger partial charge in [-0.1, -0.05) is 6.07 Å². The Hall–Kier alpha value is -2.52. The van der Waals surface area contributed by atoms with Crippen molar-refractivity contribution in [2.45, 2.75) is 30.7 Å². The van der Waals surface area contributed by atoms with Crippen molar-refractivity contribution in [3.8, 4) is 0 Å². The van der Waals surface area contributed by atoms with Gasteiger partial charge in [0, 0.05) is 38.5 Å². The molecular formula is C18H22N4O4S. The van der Waals surface area contributed by atoms with Gasteiger partial charge in [0.15, 0.2) is 0 Å². The Bertz CT molecular complexity index is 928. The normalized spacial score (nSPS) is 16.2. The fourth-order valence-corrected chi connectivity index (χ4v) is 4.98. The molecule has 1 aromatic carbocycles. The summed E-state index contributed by atoms with van der Waals surface area (Å²) in [5.41, 5.74) is 0.962. The van der Waals surface area contributed by atoms with Crippen LogP contribution in [0.25, 0.3) is 0 Å². The minimum Gasteiger partial charge on any atom is -0.365 e. The standard InChI is InChI=1S/C18H22N4O4S/c1-14(16-7-3-4-10-19-16)20(2)17-9-8-15(22(23)24)13-18(17)27(25,26)21-11-5-6-12-21/h3-4,7-10,13-14H,5-6,11-12H2,1-2H3. The fourth-order valence-electron chi connectivity index (χ4n) is 3.21. The number of hydrogen-bond donors (Lipinski definition) is 0. The van der Waals surface area contributed by atoms with Crippen LogP contribution in [0.1, 0.15) is 31.5 Å². The molecule has 27 heavy (non-hydrogen) atoms. The van der Waals surface area contributed by atoms with E-state index in [0.29, 0.717) is 18.8 Å². The van der Waals surface area contributed by atoms with Crippen LogP contribution in [0, 0.1) is 10.1 Å². The highest BCUT2D eigenvalue weighted by molar-refractivity contribution is 7.89. The van der Waals surface area contributed by atoms with Crippen molar-refractivity contribution in [1.29, 1.82) is 0 Å². The quantitative estimate of drug-likeness (QED) is 0.556. The van der Waals surface area contributed by atoms with Crippen LogP contribution in [0.5, 0.6) is 0 Å². The molecule has 1 saturated heterocycles. The van der Waals surface area contributed by atoms with Crippen molar-refractivity contribution in [2.24, 2.45) is 0 Å². The number of anilines is 1. The summed E-state index contributed by atoms with van der Waals surface area (Å²) in [6.45, 7) is 2.78. The Kier molecular flexibility index (Phi) is 5.43. The van der Waals surface area contributed by atoms with Gasteiger partial charge in [0.2, 0.25) is 10.0 Å². The number of nitrogens with zero attached hydrogens (tertiary/aromatic N) is 4. The first-order valence-electron chi connectivity index (χ1n) is 8.74. The number of sulfonamides is 1. The number of rotatable bonds is 6. The molecule has 2 heterocycles. The highest BCUT2D eigenvalue weighted by Crippen LogP contribution is 2.35. The van der Waals surface area contributed by atoms with E-state index in [2.05, 4.69) is 4.98 Å². The number of benzene rings is 1. The molecule has 1 atom stereocenters. The second-order valence-electron chi connectivity index (χ2n) is 6.56. The molecule has 1 aromatic heterocycles. The zero-order valence-corrected chi connectivity index (χ0v) is 16.1. The zero-order chi connectivity index (χ0) is 19.6. The molecule has 0 spiro atoms. The number of nitro groups is 1. The summed E-state index contributed by atoms with van der Waals surface area (Å²) < 4.78 is 27.7. The average molecular weight is 390 g/mol. The van der Waals surface area contributed by atoms with Gasteiger partial charge in [0.1, 0.15) is 4.90 Å². The average Bonchev–Trinajstić information content (AvgIpc) is 3.22. The second kappa shape index (κ2) is 7.61. The maximum absolute atomic E-state index is 13.2. The maximum Gasteiger partial charge on any atom is 0.270 e. The first-order valence-corrected chi connectivity index (χ1v) is 10.2. The van der Waals surface area contributed by atoms with Crippen LogP contribution in [0.3, 0.4) is 0 Å². The molecule has 3 rings (SSSR count). The third kappa shape index (κ3) is 3.79. The van der Waals surface area contributed by atoms with Gasteiger partial charge in [-0.3, -0.25) is 15.1 Å². The number of non-ortho nitro benzene ring substituents is 1. The molecule has 0 bridgehead atoms. The van der Waals surface area contributed by atoms with Crippen LogP contribution in [-0.4, -0.2) is 42.8 Å². The van der Waals surface area contributed by atoms with Gasteiger partial charge in [0.05, 0.1) is 22.3 Å². The Labute approximate surface area is 158 Å². The van der Waals surface area contributed by atoms with E-state index in [1.54, 1.807) is 18.1 Å². The predicted octanol–water partition coefficient (Wildman–Crippen LogP) is 2.97. The van der Waals surface area contributed by atoms with Crippen molar-refractivity contribution in [2.75, 3.05) is 25.0 Å². The van der Waals surface area contributed by atoms with Crippen molar-refractivity contribution >= 4 is 21.4 Å². The molecule has 144 valence electrons. The molecule has 0 aliphatic carbocycles. The highest BCUT2D eigenvalue weighted by atomic mass is 32.2. The van der Waals surface area contributed by atoms with E-state index in [0.717, 1.165) is 24.6 Å². The van der Waals surface area contributed by atoms with E-state index in [-0.39, 0.29) is 16.6 Å². The Morgan fingerprint density at radius 1 is 1.22 bits per heavy atom. The smallest absolute Gasteiger partial charge is 0.270 e. The molecule has 0 N–H and O–H groups in total. The van der Waals surface area contributed by atoms with Crippen molar-refractivity contribution in [1.82, 2.24) is 9.29 Å². The zero-order valence-electron chi connectivity index (χ0n) is 15.3. The number of aromatic nitrogens is 1. The number of nitro benzene ring substituents is 1. The van der Waals surface area contributed by atoms with Gasteiger partial charge in [-0.2, -0.15) is 4.31 Å². The van der Waals surface area contributed by atoms with Gasteiger partial charge in [0.25, 0.3) is 5.69 Å². The van der Waals surface area contributed by atoms with E-state index >= 15 is 0 Å². The first-order chi connectivity index (χ1) is 12.8. The minimum absolute atomic E-state index is 0.0381. The van der Waals surface area contributed by atoms with Gasteiger partial charge in [-0.05, 0) is 38.0 Å². The Morgan fingerprint density at radius 2 is 1.93 bits per heavy atom. The van der Waals surface area contributed by atoms with Crippen LogP contribution in [0.15, 0.2) is 47.5 Å². The molecule has 1 aliphatic heterocycles. The summed E-state index contributed by atoms with van der Waals surface area (Å²) >= 11 is 0. The SMILES string of the molecule is CC(c1ccccn1)N(C)c1ccc([N+](=O)[O-])cc1S(=O)(=O)N1CCCC1. The van der Waals surface area contributed by atoms with Crippen LogP contribution in [-0.2, 0) is 10.0 Å². The van der Waals surface area contributed by atoms with Crippen molar-refractivity contribution < 1.29 is 13.3 Å². The van der Waals surface area contributed by atoms with Gasteiger partial charge >= 0.3 is 0 Å². The van der Waals surface area contributed by atoms with E-state index in [1.165, 1.54) is 16.4 Å². The van der Waals surface area contributed by atoms with Gasteiger partial charge in [-0.15, -0.1) is 0 Å². The number of hydrogen-bond acceptors (Lipinski definition) is 6.